The molecule has 6 nitrogen and oxygen atoms in total. The minimum absolute atomic E-state index is 0.0256. The molecule has 0 saturated carbocycles. The van der Waals surface area contributed by atoms with Gasteiger partial charge in [0.2, 0.25) is 0 Å². The maximum atomic E-state index is 12.4. The highest BCUT2D eigenvalue weighted by molar-refractivity contribution is 5.93. The molecule has 0 unspecified atom stereocenters. The van der Waals surface area contributed by atoms with Gasteiger partial charge in [0.25, 0.3) is 5.91 Å². The largest absolute Gasteiger partial charge is 0.373 e. The Hall–Kier alpha value is -1.53. The fraction of sp³-hybridized carbons (Fsp3) is 0.667. The zero-order valence-electron chi connectivity index (χ0n) is 12.7. The minimum Gasteiger partial charge on any atom is -0.373 e. The van der Waals surface area contributed by atoms with Crippen LogP contribution in [-0.2, 0) is 4.74 Å². The average Bonchev–Trinajstić information content (AvgIpc) is 2.92. The van der Waals surface area contributed by atoms with Crippen molar-refractivity contribution in [3.8, 4) is 0 Å². The summed E-state index contributed by atoms with van der Waals surface area (Å²) in [6.45, 7) is 2.30. The summed E-state index contributed by atoms with van der Waals surface area (Å²) in [5.74, 6) is 0.0434. The van der Waals surface area contributed by atoms with Crippen molar-refractivity contribution >= 4 is 5.91 Å². The van der Waals surface area contributed by atoms with Crippen LogP contribution in [0, 0.1) is 0 Å². The number of nitrogens with zero attached hydrogens (tertiary/aromatic N) is 4. The van der Waals surface area contributed by atoms with Crippen LogP contribution >= 0.6 is 0 Å². The van der Waals surface area contributed by atoms with Crippen molar-refractivity contribution in [1.29, 1.82) is 0 Å². The normalized spacial score (nSPS) is 24.7. The first-order valence-electron chi connectivity index (χ1n) is 7.46. The Morgan fingerprint density at radius 1 is 1.38 bits per heavy atom. The van der Waals surface area contributed by atoms with Gasteiger partial charge in [-0.05, 0) is 39.4 Å². The molecule has 6 heteroatoms. The van der Waals surface area contributed by atoms with E-state index in [0.29, 0.717) is 11.6 Å². The number of likely N-dealkylation sites (tertiary alicyclic amines) is 1. The molecule has 114 valence electrons. The van der Waals surface area contributed by atoms with Crippen molar-refractivity contribution in [3.05, 3.63) is 24.0 Å². The number of likely N-dealkylation sites (N-methyl/N-ethyl adjacent to an activating group) is 1. The third kappa shape index (κ3) is 2.91. The number of ether oxygens (including phenoxy) is 1. The first-order valence-corrected chi connectivity index (χ1v) is 7.46. The molecule has 1 amide bonds. The predicted octanol–water partition coefficient (Wildman–Crippen LogP) is 0.802. The maximum absolute atomic E-state index is 12.4. The van der Waals surface area contributed by atoms with E-state index in [1.165, 1.54) is 6.20 Å². The lowest BCUT2D eigenvalue weighted by molar-refractivity contribution is -0.0392. The van der Waals surface area contributed by atoms with E-state index < -0.39 is 0 Å². The second-order valence-corrected chi connectivity index (χ2v) is 6.24. The van der Waals surface area contributed by atoms with E-state index in [1.807, 2.05) is 4.90 Å². The summed E-state index contributed by atoms with van der Waals surface area (Å²) < 4.78 is 6.09. The lowest BCUT2D eigenvalue weighted by Gasteiger charge is -2.38. The van der Waals surface area contributed by atoms with Crippen LogP contribution in [0.1, 0.15) is 29.6 Å². The Morgan fingerprint density at radius 3 is 2.71 bits per heavy atom. The van der Waals surface area contributed by atoms with Crippen molar-refractivity contribution in [1.82, 2.24) is 20.0 Å². The number of carbonyl (C=O) groups excluding carboxylic acids is 1. The van der Waals surface area contributed by atoms with Crippen LogP contribution in [0.2, 0.25) is 0 Å². The zero-order valence-corrected chi connectivity index (χ0v) is 12.7. The Labute approximate surface area is 125 Å². The minimum atomic E-state index is -0.0256. The summed E-state index contributed by atoms with van der Waals surface area (Å²) in [6.07, 6.45) is 5.99. The van der Waals surface area contributed by atoms with Crippen LogP contribution in [0.4, 0.5) is 0 Å². The van der Waals surface area contributed by atoms with Crippen molar-refractivity contribution < 1.29 is 9.53 Å². The summed E-state index contributed by atoms with van der Waals surface area (Å²) in [7, 11) is 4.20. The summed E-state index contributed by atoms with van der Waals surface area (Å²) in [5, 5.41) is 7.48. The van der Waals surface area contributed by atoms with Crippen LogP contribution in [0.5, 0.6) is 0 Å². The summed E-state index contributed by atoms with van der Waals surface area (Å²) >= 11 is 0. The Kier molecular flexibility index (Phi) is 3.91. The highest BCUT2D eigenvalue weighted by Gasteiger charge is 2.43. The first kappa shape index (κ1) is 14.4. The van der Waals surface area contributed by atoms with Crippen molar-refractivity contribution in [2.45, 2.75) is 30.9 Å². The van der Waals surface area contributed by atoms with E-state index >= 15 is 0 Å². The molecule has 1 aromatic rings. The van der Waals surface area contributed by atoms with Gasteiger partial charge in [0.15, 0.2) is 0 Å². The monoisotopic (exact) mass is 290 g/mol. The van der Waals surface area contributed by atoms with Gasteiger partial charge in [-0.25, -0.2) is 0 Å². The van der Waals surface area contributed by atoms with Crippen LogP contribution in [0.15, 0.2) is 18.5 Å². The summed E-state index contributed by atoms with van der Waals surface area (Å²) in [6, 6.07) is 2.21. The van der Waals surface area contributed by atoms with Crippen LogP contribution < -0.4 is 0 Å². The number of piperidine rings is 1. The quantitative estimate of drug-likeness (QED) is 0.806. The van der Waals surface area contributed by atoms with Crippen molar-refractivity contribution in [3.63, 3.8) is 0 Å². The van der Waals surface area contributed by atoms with Gasteiger partial charge in [-0.2, -0.15) is 10.2 Å². The predicted molar refractivity (Wildman–Crippen MR) is 77.9 cm³/mol. The van der Waals surface area contributed by atoms with Gasteiger partial charge in [-0.1, -0.05) is 0 Å². The van der Waals surface area contributed by atoms with Gasteiger partial charge < -0.3 is 14.5 Å². The molecule has 0 aromatic carbocycles. The lowest BCUT2D eigenvalue weighted by atomic mass is 9.87. The molecule has 3 heterocycles. The Bertz CT molecular complexity index is 498. The highest BCUT2D eigenvalue weighted by Crippen LogP contribution is 2.37. The van der Waals surface area contributed by atoms with Crippen LogP contribution in [0.3, 0.4) is 0 Å². The number of rotatable bonds is 2. The molecule has 2 saturated heterocycles. The smallest absolute Gasteiger partial charge is 0.255 e. The van der Waals surface area contributed by atoms with E-state index in [9.17, 15) is 4.79 Å². The molecule has 0 radical (unpaired) electrons. The van der Waals surface area contributed by atoms with E-state index in [4.69, 9.17) is 4.74 Å². The van der Waals surface area contributed by atoms with E-state index in [-0.39, 0.29) is 11.5 Å². The molecule has 1 spiro atoms. The second-order valence-electron chi connectivity index (χ2n) is 6.24. The number of hydrogen-bond donors (Lipinski definition) is 0. The maximum Gasteiger partial charge on any atom is 0.255 e. The molecule has 0 N–H and O–H groups in total. The molecule has 1 aromatic heterocycles. The summed E-state index contributed by atoms with van der Waals surface area (Å²) in [4.78, 5) is 16.5. The molecule has 3 rings (SSSR count). The lowest BCUT2D eigenvalue weighted by Crippen LogP contribution is -2.47. The van der Waals surface area contributed by atoms with Gasteiger partial charge in [0, 0.05) is 19.1 Å². The van der Waals surface area contributed by atoms with Gasteiger partial charge in [-0.3, -0.25) is 4.79 Å². The molecule has 0 aliphatic carbocycles. The van der Waals surface area contributed by atoms with Gasteiger partial charge in [0.1, 0.15) is 0 Å². The van der Waals surface area contributed by atoms with Crippen LogP contribution in [-0.4, -0.2) is 71.3 Å². The van der Waals surface area contributed by atoms with E-state index in [1.54, 1.807) is 12.3 Å². The molecule has 0 bridgehead atoms. The number of hydrogen-bond acceptors (Lipinski definition) is 5. The third-order valence-corrected chi connectivity index (χ3v) is 4.71. The molecular weight excluding hydrogens is 268 g/mol. The van der Waals surface area contributed by atoms with Gasteiger partial charge in [0.05, 0.1) is 30.2 Å². The molecular formula is C15H22N4O2. The fourth-order valence-electron chi connectivity index (χ4n) is 3.22. The molecule has 1 atom stereocenters. The third-order valence-electron chi connectivity index (χ3n) is 4.71. The fourth-order valence-corrected chi connectivity index (χ4v) is 3.22. The SMILES string of the molecule is CN(C)[C@H]1COC2(CCN(C(=O)c3ccnnc3)CC2)C1. The molecule has 2 aliphatic rings. The van der Waals surface area contributed by atoms with Crippen LogP contribution in [0.25, 0.3) is 0 Å². The molecule has 2 aliphatic heterocycles. The average molecular weight is 290 g/mol. The number of carbonyl (C=O) groups is 1. The van der Waals surface area contributed by atoms with E-state index in [0.717, 1.165) is 39.0 Å². The van der Waals surface area contributed by atoms with Gasteiger partial charge >= 0.3 is 0 Å². The topological polar surface area (TPSA) is 58.6 Å². The zero-order chi connectivity index (χ0) is 14.9. The Morgan fingerprint density at radius 2 is 2.14 bits per heavy atom. The first-order chi connectivity index (χ1) is 10.1. The highest BCUT2D eigenvalue weighted by atomic mass is 16.5. The molecule has 2 fully saturated rings. The number of amides is 1. The standard InChI is InChI=1S/C15H22N4O2/c1-18(2)13-9-15(21-11-13)4-7-19(8-5-15)14(20)12-3-6-16-17-10-12/h3,6,10,13H,4-5,7-9,11H2,1-2H3/t13-/m1/s1. The van der Waals surface area contributed by atoms with Gasteiger partial charge in [-0.15, -0.1) is 0 Å². The molecule has 21 heavy (non-hydrogen) atoms. The Balaban J connectivity index is 1.60. The van der Waals surface area contributed by atoms with Crippen molar-refractivity contribution in [2.24, 2.45) is 0 Å². The number of aromatic nitrogens is 2. The van der Waals surface area contributed by atoms with Crippen molar-refractivity contribution in [2.75, 3.05) is 33.8 Å². The van der Waals surface area contributed by atoms with E-state index in [2.05, 4.69) is 29.2 Å². The summed E-state index contributed by atoms with van der Waals surface area (Å²) in [5.41, 5.74) is 0.585. The second kappa shape index (κ2) is 5.69.